The van der Waals surface area contributed by atoms with Gasteiger partial charge in [-0.2, -0.15) is 4.98 Å². The smallest absolute Gasteiger partial charge is 0.218 e. The predicted octanol–water partition coefficient (Wildman–Crippen LogP) is 2.54. The summed E-state index contributed by atoms with van der Waals surface area (Å²) in [7, 11) is 0. The second-order valence-electron chi connectivity index (χ2n) is 4.26. The lowest BCUT2D eigenvalue weighted by Gasteiger charge is -2.08. The van der Waals surface area contributed by atoms with Crippen LogP contribution in [-0.2, 0) is 0 Å². The first kappa shape index (κ1) is 11.2. The summed E-state index contributed by atoms with van der Waals surface area (Å²) in [6.45, 7) is 4.77. The number of aryl methyl sites for hydroxylation is 1. The van der Waals surface area contributed by atoms with E-state index in [1.165, 1.54) is 12.8 Å². The Labute approximate surface area is 96.4 Å². The molecule has 0 aliphatic heterocycles. The highest BCUT2D eigenvalue weighted by Crippen LogP contribution is 2.25. The van der Waals surface area contributed by atoms with Crippen molar-refractivity contribution in [2.45, 2.75) is 45.6 Å². The summed E-state index contributed by atoms with van der Waals surface area (Å²) in [6.07, 6.45) is 4.69. The van der Waals surface area contributed by atoms with Crippen molar-refractivity contribution in [2.75, 3.05) is 11.9 Å². The van der Waals surface area contributed by atoms with Gasteiger partial charge in [0.25, 0.3) is 0 Å². The SMILES string of the molecule is CCCCOc1cc(NC2CC2)nc(C)n1. The number of rotatable bonds is 6. The van der Waals surface area contributed by atoms with E-state index < -0.39 is 0 Å². The van der Waals surface area contributed by atoms with Crippen LogP contribution < -0.4 is 10.1 Å². The normalized spacial score (nSPS) is 14.9. The molecule has 1 aromatic heterocycles. The second kappa shape index (κ2) is 5.14. The fraction of sp³-hybridized carbons (Fsp3) is 0.667. The van der Waals surface area contributed by atoms with Crippen LogP contribution in [0.15, 0.2) is 6.07 Å². The predicted molar refractivity (Wildman–Crippen MR) is 63.8 cm³/mol. The van der Waals surface area contributed by atoms with E-state index in [1.54, 1.807) is 0 Å². The summed E-state index contributed by atoms with van der Waals surface area (Å²) in [5.41, 5.74) is 0. The molecule has 1 aromatic rings. The van der Waals surface area contributed by atoms with Gasteiger partial charge in [0.1, 0.15) is 11.6 Å². The molecule has 1 heterocycles. The van der Waals surface area contributed by atoms with Crippen molar-refractivity contribution in [3.05, 3.63) is 11.9 Å². The van der Waals surface area contributed by atoms with Crippen molar-refractivity contribution in [3.8, 4) is 5.88 Å². The van der Waals surface area contributed by atoms with Gasteiger partial charge in [0.2, 0.25) is 5.88 Å². The topological polar surface area (TPSA) is 47.0 Å². The summed E-state index contributed by atoms with van der Waals surface area (Å²) in [5.74, 6) is 2.34. The highest BCUT2D eigenvalue weighted by atomic mass is 16.5. The highest BCUT2D eigenvalue weighted by molar-refractivity contribution is 5.40. The number of hydrogen-bond donors (Lipinski definition) is 1. The third-order valence-electron chi connectivity index (χ3n) is 2.49. The minimum absolute atomic E-state index is 0.609. The fourth-order valence-corrected chi connectivity index (χ4v) is 1.45. The van der Waals surface area contributed by atoms with Gasteiger partial charge >= 0.3 is 0 Å². The molecule has 0 aromatic carbocycles. The van der Waals surface area contributed by atoms with Crippen LogP contribution in [0.2, 0.25) is 0 Å². The van der Waals surface area contributed by atoms with Gasteiger partial charge in [0.05, 0.1) is 6.61 Å². The van der Waals surface area contributed by atoms with Crippen LogP contribution in [0.3, 0.4) is 0 Å². The van der Waals surface area contributed by atoms with E-state index in [9.17, 15) is 0 Å². The van der Waals surface area contributed by atoms with E-state index in [1.807, 2.05) is 13.0 Å². The zero-order valence-electron chi connectivity index (χ0n) is 9.99. The Bertz CT molecular complexity index is 350. The first-order chi connectivity index (χ1) is 7.78. The van der Waals surface area contributed by atoms with E-state index >= 15 is 0 Å². The Balaban J connectivity index is 1.96. The fourth-order valence-electron chi connectivity index (χ4n) is 1.45. The van der Waals surface area contributed by atoms with E-state index in [4.69, 9.17) is 4.74 Å². The van der Waals surface area contributed by atoms with Gasteiger partial charge < -0.3 is 10.1 Å². The van der Waals surface area contributed by atoms with Crippen molar-refractivity contribution in [3.63, 3.8) is 0 Å². The Kier molecular flexibility index (Phi) is 3.59. The van der Waals surface area contributed by atoms with E-state index in [-0.39, 0.29) is 0 Å². The van der Waals surface area contributed by atoms with Crippen LogP contribution in [0.4, 0.5) is 5.82 Å². The molecule has 0 spiro atoms. The number of anilines is 1. The average molecular weight is 221 g/mol. The van der Waals surface area contributed by atoms with Gasteiger partial charge in [-0.25, -0.2) is 4.98 Å². The number of aromatic nitrogens is 2. The summed E-state index contributed by atoms with van der Waals surface area (Å²) < 4.78 is 5.58. The maximum Gasteiger partial charge on any atom is 0.218 e. The van der Waals surface area contributed by atoms with Gasteiger partial charge in [-0.3, -0.25) is 0 Å². The largest absolute Gasteiger partial charge is 0.478 e. The summed E-state index contributed by atoms with van der Waals surface area (Å²) in [4.78, 5) is 8.60. The van der Waals surface area contributed by atoms with Crippen LogP contribution in [0.1, 0.15) is 38.4 Å². The molecule has 0 radical (unpaired) electrons. The molecule has 88 valence electrons. The number of ether oxygens (including phenoxy) is 1. The average Bonchev–Trinajstić information content (AvgIpc) is 3.01. The molecule has 2 rings (SSSR count). The Morgan fingerprint density at radius 3 is 2.94 bits per heavy atom. The standard InChI is InChI=1S/C12H19N3O/c1-3-4-7-16-12-8-11(13-9(2)14-12)15-10-5-6-10/h8,10H,3-7H2,1-2H3,(H,13,14,15). The molecular weight excluding hydrogens is 202 g/mol. The van der Waals surface area contributed by atoms with Crippen LogP contribution in [0, 0.1) is 6.92 Å². The molecule has 1 saturated carbocycles. The third-order valence-corrected chi connectivity index (χ3v) is 2.49. The van der Waals surface area contributed by atoms with Crippen LogP contribution in [0.25, 0.3) is 0 Å². The molecule has 0 saturated heterocycles. The number of hydrogen-bond acceptors (Lipinski definition) is 4. The highest BCUT2D eigenvalue weighted by Gasteiger charge is 2.21. The minimum Gasteiger partial charge on any atom is -0.478 e. The molecule has 0 unspecified atom stereocenters. The molecule has 1 N–H and O–H groups in total. The van der Waals surface area contributed by atoms with Gasteiger partial charge in [-0.15, -0.1) is 0 Å². The first-order valence-electron chi connectivity index (χ1n) is 6.03. The third kappa shape index (κ3) is 3.36. The second-order valence-corrected chi connectivity index (χ2v) is 4.26. The Morgan fingerprint density at radius 1 is 1.44 bits per heavy atom. The molecule has 1 aliphatic rings. The maximum atomic E-state index is 5.58. The van der Waals surface area contributed by atoms with Crippen molar-refractivity contribution in [1.29, 1.82) is 0 Å². The minimum atomic E-state index is 0.609. The molecule has 0 atom stereocenters. The van der Waals surface area contributed by atoms with Crippen molar-refractivity contribution in [2.24, 2.45) is 0 Å². The van der Waals surface area contributed by atoms with E-state index in [2.05, 4.69) is 22.2 Å². The number of nitrogens with zero attached hydrogens (tertiary/aromatic N) is 2. The van der Waals surface area contributed by atoms with Crippen molar-refractivity contribution >= 4 is 5.82 Å². The zero-order valence-corrected chi connectivity index (χ0v) is 9.99. The van der Waals surface area contributed by atoms with Gasteiger partial charge in [0.15, 0.2) is 0 Å². The van der Waals surface area contributed by atoms with Gasteiger partial charge in [0, 0.05) is 12.1 Å². The molecule has 1 aliphatic carbocycles. The Morgan fingerprint density at radius 2 is 2.25 bits per heavy atom. The molecule has 4 heteroatoms. The zero-order chi connectivity index (χ0) is 11.4. The monoisotopic (exact) mass is 221 g/mol. The summed E-state index contributed by atoms with van der Waals surface area (Å²) in [5, 5.41) is 3.36. The quantitative estimate of drug-likeness (QED) is 0.750. The maximum absolute atomic E-state index is 5.58. The van der Waals surface area contributed by atoms with Crippen molar-refractivity contribution in [1.82, 2.24) is 9.97 Å². The van der Waals surface area contributed by atoms with E-state index in [0.29, 0.717) is 11.9 Å². The molecule has 16 heavy (non-hydrogen) atoms. The van der Waals surface area contributed by atoms with Gasteiger partial charge in [-0.05, 0) is 26.2 Å². The molecular formula is C12H19N3O. The van der Waals surface area contributed by atoms with Crippen molar-refractivity contribution < 1.29 is 4.74 Å². The van der Waals surface area contributed by atoms with E-state index in [0.717, 1.165) is 31.1 Å². The Hall–Kier alpha value is -1.32. The summed E-state index contributed by atoms with van der Waals surface area (Å²) in [6, 6.07) is 2.50. The van der Waals surface area contributed by atoms with Crippen LogP contribution >= 0.6 is 0 Å². The summed E-state index contributed by atoms with van der Waals surface area (Å²) >= 11 is 0. The van der Waals surface area contributed by atoms with Gasteiger partial charge in [-0.1, -0.05) is 13.3 Å². The number of nitrogens with one attached hydrogen (secondary N) is 1. The molecule has 0 bridgehead atoms. The lowest BCUT2D eigenvalue weighted by Crippen LogP contribution is -2.06. The lowest BCUT2D eigenvalue weighted by atomic mass is 10.4. The molecule has 1 fully saturated rings. The first-order valence-corrected chi connectivity index (χ1v) is 6.03. The lowest BCUT2D eigenvalue weighted by molar-refractivity contribution is 0.297. The molecule has 4 nitrogen and oxygen atoms in total. The number of unbranched alkanes of at least 4 members (excludes halogenated alkanes) is 1. The van der Waals surface area contributed by atoms with Crippen LogP contribution in [-0.4, -0.2) is 22.6 Å². The van der Waals surface area contributed by atoms with Crippen LogP contribution in [0.5, 0.6) is 5.88 Å². The molecule has 0 amide bonds.